The van der Waals surface area contributed by atoms with Crippen LogP contribution in [0.25, 0.3) is 5.95 Å². The van der Waals surface area contributed by atoms with Crippen molar-refractivity contribution < 1.29 is 5.11 Å². The Morgan fingerprint density at radius 3 is 2.78 bits per heavy atom. The van der Waals surface area contributed by atoms with Gasteiger partial charge in [-0.15, -0.1) is 0 Å². The van der Waals surface area contributed by atoms with Crippen molar-refractivity contribution in [2.75, 3.05) is 0 Å². The Bertz CT molecular complexity index is 518. The van der Waals surface area contributed by atoms with Gasteiger partial charge in [-0.3, -0.25) is 0 Å². The summed E-state index contributed by atoms with van der Waals surface area (Å²) in [6.07, 6.45) is 9.40. The molecule has 2 heterocycles. The van der Waals surface area contributed by atoms with E-state index in [2.05, 4.69) is 21.1 Å². The molecule has 2 aromatic rings. The molecule has 1 aliphatic rings. The van der Waals surface area contributed by atoms with E-state index in [1.54, 1.807) is 23.1 Å². The molecule has 18 heavy (non-hydrogen) atoms. The van der Waals surface area contributed by atoms with Crippen molar-refractivity contribution in [1.82, 2.24) is 19.7 Å². The van der Waals surface area contributed by atoms with Crippen molar-refractivity contribution in [3.63, 3.8) is 0 Å². The van der Waals surface area contributed by atoms with E-state index in [4.69, 9.17) is 0 Å². The third kappa shape index (κ3) is 2.20. The fourth-order valence-corrected chi connectivity index (χ4v) is 2.46. The van der Waals surface area contributed by atoms with Crippen LogP contribution in [0.4, 0.5) is 0 Å². The summed E-state index contributed by atoms with van der Waals surface area (Å²) in [6, 6.07) is 4.67. The van der Waals surface area contributed by atoms with E-state index in [1.165, 1.54) is 19.3 Å². The summed E-state index contributed by atoms with van der Waals surface area (Å²) in [5.74, 6) is 0.704. The monoisotopic (exact) mass is 243 g/mol. The number of nitrogens with zero attached hydrogens (tertiary/aromatic N) is 4. The van der Waals surface area contributed by atoms with Gasteiger partial charge in [0, 0.05) is 18.3 Å². The molecule has 0 aromatic carbocycles. The maximum atomic E-state index is 9.68. The largest absolute Gasteiger partial charge is 0.493 e. The minimum absolute atomic E-state index is 0.101. The highest BCUT2D eigenvalue weighted by molar-refractivity contribution is 5.22. The summed E-state index contributed by atoms with van der Waals surface area (Å²) < 4.78 is 1.56. The van der Waals surface area contributed by atoms with E-state index >= 15 is 0 Å². The molecule has 5 nitrogen and oxygen atoms in total. The van der Waals surface area contributed by atoms with Crippen LogP contribution in [0.5, 0.6) is 5.88 Å². The lowest BCUT2D eigenvalue weighted by Gasteiger charge is -2.20. The first-order chi connectivity index (χ1) is 8.83. The first-order valence-corrected chi connectivity index (χ1v) is 6.33. The Morgan fingerprint density at radius 2 is 2.06 bits per heavy atom. The van der Waals surface area contributed by atoms with Crippen molar-refractivity contribution in [1.29, 1.82) is 0 Å². The van der Waals surface area contributed by atoms with Crippen LogP contribution in [0, 0.1) is 6.07 Å². The van der Waals surface area contributed by atoms with Crippen LogP contribution in [-0.4, -0.2) is 24.9 Å². The van der Waals surface area contributed by atoms with Gasteiger partial charge in [0.25, 0.3) is 5.95 Å². The molecule has 1 saturated carbocycles. The molecule has 0 amide bonds. The average Bonchev–Trinajstić information content (AvgIpc) is 2.93. The molecule has 0 spiro atoms. The molecule has 1 N–H and O–H groups in total. The molecule has 0 bridgehead atoms. The van der Waals surface area contributed by atoms with Crippen molar-refractivity contribution >= 4 is 0 Å². The molecule has 3 rings (SSSR count). The Balaban J connectivity index is 1.95. The van der Waals surface area contributed by atoms with Gasteiger partial charge in [-0.05, 0) is 18.9 Å². The molecule has 1 aliphatic carbocycles. The summed E-state index contributed by atoms with van der Waals surface area (Å²) in [5.41, 5.74) is 0.813. The minimum Gasteiger partial charge on any atom is -0.493 e. The summed E-state index contributed by atoms with van der Waals surface area (Å²) in [7, 11) is 0. The van der Waals surface area contributed by atoms with Crippen LogP contribution >= 0.6 is 0 Å². The normalized spacial score (nSPS) is 16.9. The zero-order chi connectivity index (χ0) is 12.4. The predicted octanol–water partition coefficient (Wildman–Crippen LogP) is 2.22. The minimum atomic E-state index is -0.101. The van der Waals surface area contributed by atoms with Gasteiger partial charge >= 0.3 is 0 Å². The molecule has 0 atom stereocenters. The van der Waals surface area contributed by atoms with E-state index < -0.39 is 0 Å². The molecule has 0 unspecified atom stereocenters. The van der Waals surface area contributed by atoms with Crippen molar-refractivity contribution in [2.45, 2.75) is 38.0 Å². The third-order valence-corrected chi connectivity index (χ3v) is 3.37. The summed E-state index contributed by atoms with van der Waals surface area (Å²) in [5, 5.41) is 13.8. The zero-order valence-corrected chi connectivity index (χ0v) is 10.1. The van der Waals surface area contributed by atoms with E-state index in [0.717, 1.165) is 18.5 Å². The summed E-state index contributed by atoms with van der Waals surface area (Å²) >= 11 is 0. The van der Waals surface area contributed by atoms with Gasteiger partial charge in [0.05, 0.1) is 11.8 Å². The van der Waals surface area contributed by atoms with Crippen LogP contribution in [0.1, 0.15) is 43.7 Å². The highest BCUT2D eigenvalue weighted by Gasteiger charge is 2.19. The number of hydrogen-bond acceptors (Lipinski definition) is 4. The van der Waals surface area contributed by atoms with Gasteiger partial charge in [0.2, 0.25) is 5.88 Å². The molecule has 0 saturated heterocycles. The number of aromatic hydroxyl groups is 1. The predicted molar refractivity (Wildman–Crippen MR) is 65.5 cm³/mol. The molecular weight excluding hydrogens is 228 g/mol. The fraction of sp³-hybridized carbons (Fsp3) is 0.462. The highest BCUT2D eigenvalue weighted by Crippen LogP contribution is 2.32. The topological polar surface area (TPSA) is 63.8 Å². The Labute approximate surface area is 106 Å². The molecule has 5 heteroatoms. The van der Waals surface area contributed by atoms with Gasteiger partial charge in [0.1, 0.15) is 0 Å². The lowest BCUT2D eigenvalue weighted by Crippen LogP contribution is -2.10. The lowest BCUT2D eigenvalue weighted by atomic mass is 9.87. The maximum absolute atomic E-state index is 9.68. The smallest absolute Gasteiger partial charge is 0.254 e. The second-order valence-corrected chi connectivity index (χ2v) is 4.64. The molecule has 1 radical (unpaired) electrons. The average molecular weight is 243 g/mol. The van der Waals surface area contributed by atoms with Gasteiger partial charge < -0.3 is 5.11 Å². The van der Waals surface area contributed by atoms with E-state index in [-0.39, 0.29) is 5.88 Å². The van der Waals surface area contributed by atoms with Crippen molar-refractivity contribution in [2.24, 2.45) is 0 Å². The zero-order valence-electron chi connectivity index (χ0n) is 10.1. The Kier molecular flexibility index (Phi) is 2.96. The van der Waals surface area contributed by atoms with Crippen LogP contribution in [0.2, 0.25) is 0 Å². The number of rotatable bonds is 2. The first-order valence-electron chi connectivity index (χ1n) is 6.33. The quantitative estimate of drug-likeness (QED) is 0.878. The van der Waals surface area contributed by atoms with Crippen LogP contribution < -0.4 is 0 Å². The van der Waals surface area contributed by atoms with Gasteiger partial charge in [-0.25, -0.2) is 9.67 Å². The SMILES string of the molecule is Oc1[c]c(C2CCCCC2)nc(-n2cccn2)n1. The van der Waals surface area contributed by atoms with Crippen LogP contribution in [0.3, 0.4) is 0 Å². The highest BCUT2D eigenvalue weighted by atomic mass is 16.3. The number of aromatic nitrogens is 4. The van der Waals surface area contributed by atoms with E-state index in [9.17, 15) is 5.11 Å². The maximum Gasteiger partial charge on any atom is 0.254 e. The van der Waals surface area contributed by atoms with Crippen LogP contribution in [0.15, 0.2) is 18.5 Å². The van der Waals surface area contributed by atoms with Gasteiger partial charge in [-0.2, -0.15) is 10.1 Å². The summed E-state index contributed by atoms with van der Waals surface area (Å²) in [4.78, 5) is 8.43. The second-order valence-electron chi connectivity index (χ2n) is 4.64. The van der Waals surface area contributed by atoms with Gasteiger partial charge in [-0.1, -0.05) is 19.3 Å². The molecule has 0 aliphatic heterocycles. The summed E-state index contributed by atoms with van der Waals surface area (Å²) in [6.45, 7) is 0. The third-order valence-electron chi connectivity index (χ3n) is 3.37. The van der Waals surface area contributed by atoms with Crippen LogP contribution in [-0.2, 0) is 0 Å². The molecule has 2 aromatic heterocycles. The fourth-order valence-electron chi connectivity index (χ4n) is 2.46. The molecular formula is C13H15N4O. The second kappa shape index (κ2) is 4.76. The molecule has 93 valence electrons. The Morgan fingerprint density at radius 1 is 1.22 bits per heavy atom. The van der Waals surface area contributed by atoms with Gasteiger partial charge in [0.15, 0.2) is 0 Å². The van der Waals surface area contributed by atoms with E-state index in [1.807, 2.05) is 0 Å². The first kappa shape index (κ1) is 11.2. The standard InChI is InChI=1S/C13H15N4O/c18-12-9-11(10-5-2-1-3-6-10)15-13(16-12)17-8-4-7-14-17/h4,7-8,10H,1-3,5-6H2,(H,15,16,18). The molecule has 1 fully saturated rings. The van der Waals surface area contributed by atoms with Crippen molar-refractivity contribution in [3.05, 3.63) is 30.2 Å². The Hall–Kier alpha value is -1.91. The van der Waals surface area contributed by atoms with Crippen molar-refractivity contribution in [3.8, 4) is 11.8 Å². The number of hydrogen-bond donors (Lipinski definition) is 1. The van der Waals surface area contributed by atoms with E-state index in [0.29, 0.717) is 11.9 Å². The lowest BCUT2D eigenvalue weighted by molar-refractivity contribution is 0.420.